The molecule has 1 aromatic carbocycles. The highest BCUT2D eigenvalue weighted by molar-refractivity contribution is 5.88. The average molecular weight is 468 g/mol. The Morgan fingerprint density at radius 2 is 1.76 bits per heavy atom. The summed E-state index contributed by atoms with van der Waals surface area (Å²) in [6.07, 6.45) is 3.15. The molecule has 0 bridgehead atoms. The van der Waals surface area contributed by atoms with Crippen molar-refractivity contribution in [2.24, 2.45) is 11.7 Å². The summed E-state index contributed by atoms with van der Waals surface area (Å²) >= 11 is 0. The van der Waals surface area contributed by atoms with Crippen LogP contribution in [0.25, 0.3) is 0 Å². The van der Waals surface area contributed by atoms with E-state index in [1.54, 1.807) is 17.2 Å². The number of anilines is 2. The Morgan fingerprint density at radius 1 is 1.06 bits per heavy atom. The topological polar surface area (TPSA) is 117 Å². The summed E-state index contributed by atoms with van der Waals surface area (Å²) in [5, 5.41) is 6.73. The first-order valence-electron chi connectivity index (χ1n) is 11.8. The van der Waals surface area contributed by atoms with Crippen LogP contribution in [0.1, 0.15) is 30.9 Å². The van der Waals surface area contributed by atoms with E-state index in [1.807, 2.05) is 0 Å². The fourth-order valence-corrected chi connectivity index (χ4v) is 4.67. The van der Waals surface area contributed by atoms with Gasteiger partial charge in [-0.3, -0.25) is 14.5 Å². The standard InChI is InChI=1S/C24H33N7O3/c1-17-3-4-20(21(15-17)29-8-5-19(6-9-29)23(25)33)16-28-11-13-30(14-12-28)24(34)31-10-7-22(27-31)26-18(2)32/h3-4,7,10,15,19H,5-6,8-9,11-14,16H2,1-2H3,(H2,25,33)(H,26,27,32). The Morgan fingerprint density at radius 3 is 2.41 bits per heavy atom. The average Bonchev–Trinajstić information content (AvgIpc) is 3.28. The summed E-state index contributed by atoms with van der Waals surface area (Å²) in [6, 6.07) is 7.98. The van der Waals surface area contributed by atoms with Crippen LogP contribution in [-0.4, -0.2) is 76.7 Å². The van der Waals surface area contributed by atoms with Crippen molar-refractivity contribution < 1.29 is 14.4 Å². The number of aryl methyl sites for hydroxylation is 1. The first kappa shape index (κ1) is 23.7. The molecule has 0 radical (unpaired) electrons. The zero-order valence-corrected chi connectivity index (χ0v) is 19.9. The van der Waals surface area contributed by atoms with Crippen LogP contribution in [0.4, 0.5) is 16.3 Å². The number of nitrogens with zero attached hydrogens (tertiary/aromatic N) is 5. The highest BCUT2D eigenvalue weighted by Crippen LogP contribution is 2.28. The third-order valence-electron chi connectivity index (χ3n) is 6.60. The quantitative estimate of drug-likeness (QED) is 0.691. The van der Waals surface area contributed by atoms with E-state index < -0.39 is 0 Å². The molecule has 1 aromatic heterocycles. The number of carbonyl (C=O) groups excluding carboxylic acids is 3. The lowest BCUT2D eigenvalue weighted by atomic mass is 9.95. The minimum atomic E-state index is -0.223. The number of carbonyl (C=O) groups is 3. The smallest absolute Gasteiger partial charge is 0.344 e. The van der Waals surface area contributed by atoms with Crippen molar-refractivity contribution in [3.8, 4) is 0 Å². The molecule has 34 heavy (non-hydrogen) atoms. The minimum absolute atomic E-state index is 0.0285. The third-order valence-corrected chi connectivity index (χ3v) is 6.60. The molecule has 2 aromatic rings. The predicted octanol–water partition coefficient (Wildman–Crippen LogP) is 1.64. The number of aromatic nitrogens is 2. The first-order chi connectivity index (χ1) is 16.3. The number of nitrogens with one attached hydrogen (secondary N) is 1. The molecule has 0 aliphatic carbocycles. The minimum Gasteiger partial charge on any atom is -0.371 e. The highest BCUT2D eigenvalue weighted by Gasteiger charge is 2.26. The SMILES string of the molecule is CC(=O)Nc1ccn(C(=O)N2CCN(Cc3ccc(C)cc3N3CCC(C(N)=O)CC3)CC2)n1. The monoisotopic (exact) mass is 467 g/mol. The Bertz CT molecular complexity index is 1050. The molecule has 0 unspecified atom stereocenters. The fourth-order valence-electron chi connectivity index (χ4n) is 4.67. The van der Waals surface area contributed by atoms with Crippen molar-refractivity contribution in [1.82, 2.24) is 19.6 Å². The van der Waals surface area contributed by atoms with E-state index in [9.17, 15) is 14.4 Å². The Hall–Kier alpha value is -3.40. The van der Waals surface area contributed by atoms with Crippen LogP contribution in [0, 0.1) is 12.8 Å². The van der Waals surface area contributed by atoms with Crippen LogP contribution in [0.15, 0.2) is 30.5 Å². The number of rotatable bonds is 5. The lowest BCUT2D eigenvalue weighted by Gasteiger charge is -2.37. The molecule has 0 atom stereocenters. The van der Waals surface area contributed by atoms with Crippen molar-refractivity contribution in [2.75, 3.05) is 49.5 Å². The van der Waals surface area contributed by atoms with E-state index >= 15 is 0 Å². The predicted molar refractivity (Wildman–Crippen MR) is 129 cm³/mol. The second-order valence-electron chi connectivity index (χ2n) is 9.17. The molecular formula is C24H33N7O3. The van der Waals surface area contributed by atoms with Crippen LogP contribution in [-0.2, 0) is 16.1 Å². The molecule has 0 spiro atoms. The molecule has 182 valence electrons. The van der Waals surface area contributed by atoms with Crippen LogP contribution in [0.2, 0.25) is 0 Å². The Balaban J connectivity index is 1.35. The number of piperidine rings is 1. The van der Waals surface area contributed by atoms with Crippen molar-refractivity contribution in [1.29, 1.82) is 0 Å². The zero-order valence-electron chi connectivity index (χ0n) is 19.9. The number of hydrogen-bond acceptors (Lipinski definition) is 6. The number of nitrogens with two attached hydrogens (primary N) is 1. The molecule has 10 heteroatoms. The second kappa shape index (κ2) is 10.3. The largest absolute Gasteiger partial charge is 0.371 e. The van der Waals surface area contributed by atoms with Gasteiger partial charge in [0.1, 0.15) is 0 Å². The summed E-state index contributed by atoms with van der Waals surface area (Å²) in [5.74, 6) is -0.0810. The summed E-state index contributed by atoms with van der Waals surface area (Å²) in [4.78, 5) is 42.0. The van der Waals surface area contributed by atoms with Gasteiger partial charge in [-0.25, -0.2) is 4.79 Å². The maximum Gasteiger partial charge on any atom is 0.344 e. The number of amides is 3. The van der Waals surface area contributed by atoms with Gasteiger partial charge >= 0.3 is 6.03 Å². The molecule has 2 saturated heterocycles. The lowest BCUT2D eigenvalue weighted by Crippen LogP contribution is -2.49. The fraction of sp³-hybridized carbons (Fsp3) is 0.500. The van der Waals surface area contributed by atoms with Gasteiger partial charge in [0.25, 0.3) is 0 Å². The molecule has 3 N–H and O–H groups in total. The number of benzene rings is 1. The molecule has 2 fully saturated rings. The van der Waals surface area contributed by atoms with Gasteiger partial charge in [-0.2, -0.15) is 4.68 Å². The van der Waals surface area contributed by atoms with Crippen molar-refractivity contribution in [3.05, 3.63) is 41.6 Å². The van der Waals surface area contributed by atoms with E-state index in [4.69, 9.17) is 5.73 Å². The number of primary amides is 1. The van der Waals surface area contributed by atoms with Crippen LogP contribution in [0.5, 0.6) is 0 Å². The Kier molecular flexibility index (Phi) is 7.16. The van der Waals surface area contributed by atoms with Crippen molar-refractivity contribution >= 4 is 29.4 Å². The van der Waals surface area contributed by atoms with Crippen LogP contribution >= 0.6 is 0 Å². The molecule has 2 aliphatic heterocycles. The van der Waals surface area contributed by atoms with E-state index in [0.717, 1.165) is 45.6 Å². The van der Waals surface area contributed by atoms with E-state index in [-0.39, 0.29) is 23.8 Å². The summed E-state index contributed by atoms with van der Waals surface area (Å²) in [6.45, 7) is 8.72. The highest BCUT2D eigenvalue weighted by atomic mass is 16.2. The van der Waals surface area contributed by atoms with E-state index in [2.05, 4.69) is 45.3 Å². The maximum atomic E-state index is 12.8. The summed E-state index contributed by atoms with van der Waals surface area (Å²) < 4.78 is 1.27. The molecular weight excluding hydrogens is 434 g/mol. The molecule has 3 amide bonds. The van der Waals surface area contributed by atoms with Crippen molar-refractivity contribution in [3.63, 3.8) is 0 Å². The van der Waals surface area contributed by atoms with Crippen LogP contribution < -0.4 is 16.0 Å². The number of piperazine rings is 1. The second-order valence-corrected chi connectivity index (χ2v) is 9.17. The lowest BCUT2D eigenvalue weighted by molar-refractivity contribution is -0.122. The van der Waals surface area contributed by atoms with Gasteiger partial charge in [-0.05, 0) is 37.0 Å². The molecule has 3 heterocycles. The van der Waals surface area contributed by atoms with Gasteiger partial charge in [0.15, 0.2) is 5.82 Å². The molecule has 0 saturated carbocycles. The number of hydrogen-bond donors (Lipinski definition) is 2. The normalized spacial score (nSPS) is 17.6. The summed E-state index contributed by atoms with van der Waals surface area (Å²) in [5.41, 5.74) is 9.20. The molecule has 10 nitrogen and oxygen atoms in total. The molecule has 2 aliphatic rings. The summed E-state index contributed by atoms with van der Waals surface area (Å²) in [7, 11) is 0. The van der Waals surface area contributed by atoms with E-state index in [0.29, 0.717) is 18.9 Å². The molecule has 4 rings (SSSR count). The maximum absolute atomic E-state index is 12.8. The van der Waals surface area contributed by atoms with Crippen molar-refractivity contribution in [2.45, 2.75) is 33.2 Å². The van der Waals surface area contributed by atoms with Gasteiger partial charge < -0.3 is 20.9 Å². The third kappa shape index (κ3) is 5.56. The van der Waals surface area contributed by atoms with Gasteiger partial charge in [0.2, 0.25) is 11.8 Å². The first-order valence-corrected chi connectivity index (χ1v) is 11.8. The zero-order chi connectivity index (χ0) is 24.2. The van der Waals surface area contributed by atoms with Gasteiger partial charge in [0, 0.05) is 76.6 Å². The van der Waals surface area contributed by atoms with Gasteiger partial charge in [-0.1, -0.05) is 12.1 Å². The van der Waals surface area contributed by atoms with E-state index in [1.165, 1.54) is 28.4 Å². The Labute approximate surface area is 199 Å². The van der Waals surface area contributed by atoms with Gasteiger partial charge in [0.05, 0.1) is 0 Å². The van der Waals surface area contributed by atoms with Crippen LogP contribution in [0.3, 0.4) is 0 Å². The van der Waals surface area contributed by atoms with Gasteiger partial charge in [-0.15, -0.1) is 5.10 Å².